The lowest BCUT2D eigenvalue weighted by molar-refractivity contribution is 0.146. The molecular formula is C34H33NO4. The van der Waals surface area contributed by atoms with E-state index in [-0.39, 0.29) is 6.61 Å². The first-order chi connectivity index (χ1) is 18.9. The van der Waals surface area contributed by atoms with Crippen LogP contribution in [0.3, 0.4) is 0 Å². The van der Waals surface area contributed by atoms with Gasteiger partial charge < -0.3 is 14.2 Å². The SMILES string of the molecule is CCOc1ccc(COC(=O)N(Cc2ccccc2)c2cc3c(c(-c4ccccc4)c2)OC(C)(C)C=C3)cc1. The second-order valence-electron chi connectivity index (χ2n) is 10.0. The molecule has 0 aliphatic carbocycles. The molecule has 0 radical (unpaired) electrons. The number of ether oxygens (including phenoxy) is 3. The van der Waals surface area contributed by atoms with Gasteiger partial charge in [0.2, 0.25) is 0 Å². The Morgan fingerprint density at radius 2 is 1.56 bits per heavy atom. The average molecular weight is 520 g/mol. The Balaban J connectivity index is 1.50. The highest BCUT2D eigenvalue weighted by atomic mass is 16.6. The van der Waals surface area contributed by atoms with Crippen LogP contribution in [0.25, 0.3) is 17.2 Å². The zero-order chi connectivity index (χ0) is 27.2. The zero-order valence-corrected chi connectivity index (χ0v) is 22.6. The summed E-state index contributed by atoms with van der Waals surface area (Å²) in [7, 11) is 0. The number of carbonyl (C=O) groups is 1. The number of carbonyl (C=O) groups excluding carboxylic acids is 1. The molecular weight excluding hydrogens is 486 g/mol. The van der Waals surface area contributed by atoms with E-state index in [1.165, 1.54) is 0 Å². The quantitative estimate of drug-likeness (QED) is 0.235. The van der Waals surface area contributed by atoms with Gasteiger partial charge in [0.25, 0.3) is 0 Å². The Hall–Kier alpha value is -4.51. The number of anilines is 1. The van der Waals surface area contributed by atoms with E-state index in [4.69, 9.17) is 14.2 Å². The molecule has 4 aromatic carbocycles. The Bertz CT molecular complexity index is 1440. The summed E-state index contributed by atoms with van der Waals surface area (Å²) < 4.78 is 17.8. The number of hydrogen-bond donors (Lipinski definition) is 0. The van der Waals surface area contributed by atoms with Crippen molar-refractivity contribution >= 4 is 17.9 Å². The molecule has 1 amide bonds. The number of rotatable bonds is 8. The van der Waals surface area contributed by atoms with Crippen LogP contribution in [0, 0.1) is 0 Å². The van der Waals surface area contributed by atoms with E-state index in [0.29, 0.717) is 13.2 Å². The third-order valence-electron chi connectivity index (χ3n) is 6.53. The minimum Gasteiger partial charge on any atom is -0.494 e. The lowest BCUT2D eigenvalue weighted by Crippen LogP contribution is -2.32. The first kappa shape index (κ1) is 26.1. The third kappa shape index (κ3) is 6.32. The van der Waals surface area contributed by atoms with Gasteiger partial charge in [-0.25, -0.2) is 4.79 Å². The molecule has 198 valence electrons. The number of fused-ring (bicyclic) bond motifs is 1. The molecule has 0 spiro atoms. The van der Waals surface area contributed by atoms with Crippen molar-refractivity contribution in [1.82, 2.24) is 0 Å². The third-order valence-corrected chi connectivity index (χ3v) is 6.53. The number of amides is 1. The Labute approximate surface area is 230 Å². The van der Waals surface area contributed by atoms with Gasteiger partial charge in [-0.05, 0) is 67.8 Å². The minimum atomic E-state index is -0.432. The molecule has 4 aromatic rings. The topological polar surface area (TPSA) is 48.0 Å². The first-order valence-electron chi connectivity index (χ1n) is 13.2. The second kappa shape index (κ2) is 11.5. The molecule has 0 N–H and O–H groups in total. The summed E-state index contributed by atoms with van der Waals surface area (Å²) in [4.78, 5) is 15.3. The smallest absolute Gasteiger partial charge is 0.414 e. The summed E-state index contributed by atoms with van der Waals surface area (Å²) in [6, 6.07) is 31.7. The molecule has 39 heavy (non-hydrogen) atoms. The molecule has 0 unspecified atom stereocenters. The van der Waals surface area contributed by atoms with Crippen molar-refractivity contribution in [2.75, 3.05) is 11.5 Å². The van der Waals surface area contributed by atoms with Crippen LogP contribution in [-0.2, 0) is 17.9 Å². The maximum absolute atomic E-state index is 13.6. The molecule has 0 aromatic heterocycles. The molecule has 1 heterocycles. The number of benzene rings is 4. The van der Waals surface area contributed by atoms with Crippen LogP contribution in [0.1, 0.15) is 37.5 Å². The fourth-order valence-corrected chi connectivity index (χ4v) is 4.55. The second-order valence-corrected chi connectivity index (χ2v) is 10.0. The molecule has 1 aliphatic heterocycles. The van der Waals surface area contributed by atoms with Crippen LogP contribution >= 0.6 is 0 Å². The summed E-state index contributed by atoms with van der Waals surface area (Å²) in [5.41, 5.74) is 5.06. The van der Waals surface area contributed by atoms with Gasteiger partial charge in [-0.2, -0.15) is 0 Å². The molecule has 0 saturated heterocycles. The van der Waals surface area contributed by atoms with Gasteiger partial charge in [-0.15, -0.1) is 0 Å². The Morgan fingerprint density at radius 3 is 2.26 bits per heavy atom. The fraction of sp³-hybridized carbons (Fsp3) is 0.206. The van der Waals surface area contributed by atoms with Crippen molar-refractivity contribution in [1.29, 1.82) is 0 Å². The van der Waals surface area contributed by atoms with Crippen molar-refractivity contribution in [2.24, 2.45) is 0 Å². The maximum atomic E-state index is 13.6. The zero-order valence-electron chi connectivity index (χ0n) is 22.6. The molecule has 0 fully saturated rings. The highest BCUT2D eigenvalue weighted by Gasteiger charge is 2.27. The standard InChI is InChI=1S/C34H33NO4/c1-4-37-30-17-15-26(16-18-30)24-38-33(36)35(23-25-11-7-5-8-12-25)29-21-28-19-20-34(2,3)39-32(28)31(22-29)27-13-9-6-10-14-27/h5-22H,4,23-24H2,1-3H3. The molecule has 0 atom stereocenters. The minimum absolute atomic E-state index is 0.157. The number of nitrogens with zero attached hydrogens (tertiary/aromatic N) is 1. The van der Waals surface area contributed by atoms with Crippen molar-refractivity contribution in [3.8, 4) is 22.6 Å². The molecule has 5 nitrogen and oxygen atoms in total. The lowest BCUT2D eigenvalue weighted by Gasteiger charge is -2.31. The van der Waals surface area contributed by atoms with E-state index >= 15 is 0 Å². The average Bonchev–Trinajstić information content (AvgIpc) is 2.96. The molecule has 0 saturated carbocycles. The molecule has 5 heteroatoms. The molecule has 0 bridgehead atoms. The van der Waals surface area contributed by atoms with Gasteiger partial charge in [-0.3, -0.25) is 4.90 Å². The van der Waals surface area contributed by atoms with E-state index in [2.05, 4.69) is 18.2 Å². The van der Waals surface area contributed by atoms with E-state index in [1.54, 1.807) is 4.90 Å². The van der Waals surface area contributed by atoms with E-state index in [1.807, 2.05) is 112 Å². The lowest BCUT2D eigenvalue weighted by atomic mass is 9.95. The van der Waals surface area contributed by atoms with Crippen molar-refractivity contribution in [3.05, 3.63) is 120 Å². The van der Waals surface area contributed by atoms with Crippen molar-refractivity contribution in [2.45, 2.75) is 39.5 Å². The van der Waals surface area contributed by atoms with Crippen molar-refractivity contribution in [3.63, 3.8) is 0 Å². The highest BCUT2D eigenvalue weighted by Crippen LogP contribution is 2.42. The monoisotopic (exact) mass is 519 g/mol. The van der Waals surface area contributed by atoms with Crippen LogP contribution < -0.4 is 14.4 Å². The van der Waals surface area contributed by atoms with Gasteiger partial charge >= 0.3 is 6.09 Å². The molecule has 1 aliphatic rings. The maximum Gasteiger partial charge on any atom is 0.414 e. The summed E-state index contributed by atoms with van der Waals surface area (Å²) in [5.74, 6) is 1.60. The largest absolute Gasteiger partial charge is 0.494 e. The van der Waals surface area contributed by atoms with Crippen LogP contribution in [0.2, 0.25) is 0 Å². The van der Waals surface area contributed by atoms with Gasteiger partial charge in [0, 0.05) is 16.8 Å². The highest BCUT2D eigenvalue weighted by molar-refractivity contribution is 5.91. The van der Waals surface area contributed by atoms with Crippen LogP contribution in [-0.4, -0.2) is 18.3 Å². The number of hydrogen-bond acceptors (Lipinski definition) is 4. The predicted octanol–water partition coefficient (Wildman–Crippen LogP) is 8.28. The summed E-state index contributed by atoms with van der Waals surface area (Å²) in [6.45, 7) is 7.15. The van der Waals surface area contributed by atoms with Crippen LogP contribution in [0.15, 0.2) is 103 Å². The normalized spacial score (nSPS) is 13.2. The van der Waals surface area contributed by atoms with Gasteiger partial charge in [0.1, 0.15) is 23.7 Å². The van der Waals surface area contributed by atoms with Crippen LogP contribution in [0.5, 0.6) is 11.5 Å². The van der Waals surface area contributed by atoms with E-state index in [0.717, 1.165) is 45.0 Å². The Kier molecular flexibility index (Phi) is 7.69. The first-order valence-corrected chi connectivity index (χ1v) is 13.2. The van der Waals surface area contributed by atoms with Gasteiger partial charge in [-0.1, -0.05) is 78.9 Å². The van der Waals surface area contributed by atoms with Gasteiger partial charge in [0.05, 0.1) is 13.2 Å². The van der Waals surface area contributed by atoms with Crippen molar-refractivity contribution < 1.29 is 19.0 Å². The summed E-state index contributed by atoms with van der Waals surface area (Å²) >= 11 is 0. The fourth-order valence-electron chi connectivity index (χ4n) is 4.55. The van der Waals surface area contributed by atoms with E-state index in [9.17, 15) is 4.79 Å². The predicted molar refractivity (Wildman–Crippen MR) is 156 cm³/mol. The Morgan fingerprint density at radius 1 is 0.872 bits per heavy atom. The molecule has 5 rings (SSSR count). The summed E-state index contributed by atoms with van der Waals surface area (Å²) in [5, 5.41) is 0. The summed E-state index contributed by atoms with van der Waals surface area (Å²) in [6.07, 6.45) is 3.69. The van der Waals surface area contributed by atoms with Crippen LogP contribution in [0.4, 0.5) is 10.5 Å². The van der Waals surface area contributed by atoms with E-state index < -0.39 is 11.7 Å². The van der Waals surface area contributed by atoms with Gasteiger partial charge in [0.15, 0.2) is 0 Å².